The zero-order chi connectivity index (χ0) is 16.3. The van der Waals surface area contributed by atoms with Gasteiger partial charge in [-0.1, -0.05) is 0 Å². The number of likely N-dealkylation sites (tertiary alicyclic amines) is 1. The first-order chi connectivity index (χ1) is 10.5. The monoisotopic (exact) mass is 371 g/mol. The Morgan fingerprint density at radius 1 is 1.23 bits per heavy atom. The van der Waals surface area contributed by atoms with Crippen LogP contribution in [0, 0.1) is 0 Å². The van der Waals surface area contributed by atoms with E-state index >= 15 is 0 Å². The molecule has 1 saturated heterocycles. The highest BCUT2D eigenvalue weighted by Crippen LogP contribution is 2.36. The largest absolute Gasteiger partial charge is 0.495 e. The number of halogens is 1. The van der Waals surface area contributed by atoms with E-state index in [9.17, 15) is 14.7 Å². The van der Waals surface area contributed by atoms with Crippen molar-refractivity contribution in [2.75, 3.05) is 20.8 Å². The van der Waals surface area contributed by atoms with Crippen LogP contribution in [0.4, 0.5) is 0 Å². The molecule has 1 aliphatic rings. The third-order valence-corrected chi connectivity index (χ3v) is 4.52. The number of hydrogen-bond acceptors (Lipinski definition) is 4. The minimum Gasteiger partial charge on any atom is -0.495 e. The number of carboxylic acid groups (broad SMARTS) is 1. The van der Waals surface area contributed by atoms with Crippen LogP contribution in [0.15, 0.2) is 16.6 Å². The zero-order valence-electron chi connectivity index (χ0n) is 12.5. The Morgan fingerprint density at radius 3 is 2.32 bits per heavy atom. The molecule has 0 radical (unpaired) electrons. The summed E-state index contributed by atoms with van der Waals surface area (Å²) in [7, 11) is 2.99. The SMILES string of the molecule is COc1cc(C(=O)N2CCCC[C@@H]2C(=O)O)cc(OC)c1Br. The van der Waals surface area contributed by atoms with Gasteiger partial charge in [-0.25, -0.2) is 4.79 Å². The number of carbonyl (C=O) groups excluding carboxylic acids is 1. The fourth-order valence-electron chi connectivity index (χ4n) is 2.59. The molecule has 6 nitrogen and oxygen atoms in total. The number of hydrogen-bond donors (Lipinski definition) is 1. The van der Waals surface area contributed by atoms with Crippen LogP contribution in [0.2, 0.25) is 0 Å². The van der Waals surface area contributed by atoms with Crippen molar-refractivity contribution in [3.05, 3.63) is 22.2 Å². The highest BCUT2D eigenvalue weighted by Gasteiger charge is 2.33. The summed E-state index contributed by atoms with van der Waals surface area (Å²) in [6.45, 7) is 0.441. The summed E-state index contributed by atoms with van der Waals surface area (Å²) in [4.78, 5) is 25.5. The minimum absolute atomic E-state index is 0.323. The maximum atomic E-state index is 12.7. The topological polar surface area (TPSA) is 76.1 Å². The molecule has 0 aliphatic carbocycles. The van der Waals surface area contributed by atoms with Gasteiger partial charge in [0.25, 0.3) is 5.91 Å². The summed E-state index contributed by atoms with van der Waals surface area (Å²) < 4.78 is 11.1. The van der Waals surface area contributed by atoms with E-state index in [0.29, 0.717) is 34.5 Å². The standard InChI is InChI=1S/C15H18BrNO5/c1-21-11-7-9(8-12(22-2)13(11)16)14(18)17-6-4-3-5-10(17)15(19)20/h7-8,10H,3-6H2,1-2H3,(H,19,20)/t10-/m1/s1. The van der Waals surface area contributed by atoms with Gasteiger partial charge >= 0.3 is 5.97 Å². The molecule has 1 aliphatic heterocycles. The van der Waals surface area contributed by atoms with E-state index in [-0.39, 0.29) is 5.91 Å². The van der Waals surface area contributed by atoms with Gasteiger partial charge in [-0.3, -0.25) is 4.79 Å². The first-order valence-corrected chi connectivity index (χ1v) is 7.74. The number of carbonyl (C=O) groups is 2. The number of rotatable bonds is 4. The van der Waals surface area contributed by atoms with Crippen molar-refractivity contribution in [1.29, 1.82) is 0 Å². The Labute approximate surface area is 137 Å². The van der Waals surface area contributed by atoms with Crippen molar-refractivity contribution < 1.29 is 24.2 Å². The number of benzene rings is 1. The van der Waals surface area contributed by atoms with Crippen molar-refractivity contribution in [2.24, 2.45) is 0 Å². The molecule has 1 aromatic rings. The van der Waals surface area contributed by atoms with E-state index in [1.807, 2.05) is 0 Å². The lowest BCUT2D eigenvalue weighted by atomic mass is 10.0. The molecule has 1 fully saturated rings. The van der Waals surface area contributed by atoms with E-state index in [0.717, 1.165) is 12.8 Å². The average molecular weight is 372 g/mol. The number of amides is 1. The van der Waals surface area contributed by atoms with Crippen LogP contribution in [-0.2, 0) is 4.79 Å². The minimum atomic E-state index is -0.968. The molecule has 1 heterocycles. The molecular weight excluding hydrogens is 354 g/mol. The van der Waals surface area contributed by atoms with Crippen LogP contribution in [-0.4, -0.2) is 48.7 Å². The van der Waals surface area contributed by atoms with Crippen molar-refractivity contribution in [1.82, 2.24) is 4.90 Å². The van der Waals surface area contributed by atoms with E-state index in [1.165, 1.54) is 19.1 Å². The molecule has 1 N–H and O–H groups in total. The lowest BCUT2D eigenvalue weighted by molar-refractivity contribution is -0.143. The fourth-order valence-corrected chi connectivity index (χ4v) is 3.14. The summed E-state index contributed by atoms with van der Waals surface area (Å²) in [6.07, 6.45) is 2.10. The molecule has 1 amide bonds. The van der Waals surface area contributed by atoms with E-state index in [2.05, 4.69) is 15.9 Å². The molecular formula is C15H18BrNO5. The third-order valence-electron chi connectivity index (χ3n) is 3.74. The molecule has 0 aromatic heterocycles. The second-order valence-electron chi connectivity index (χ2n) is 5.04. The van der Waals surface area contributed by atoms with Crippen LogP contribution in [0.1, 0.15) is 29.6 Å². The summed E-state index contributed by atoms with van der Waals surface area (Å²) >= 11 is 3.35. The van der Waals surface area contributed by atoms with Crippen LogP contribution < -0.4 is 9.47 Å². The number of ether oxygens (including phenoxy) is 2. The molecule has 1 atom stereocenters. The van der Waals surface area contributed by atoms with Gasteiger partial charge in [0.1, 0.15) is 22.0 Å². The van der Waals surface area contributed by atoms with Gasteiger partial charge in [-0.15, -0.1) is 0 Å². The van der Waals surface area contributed by atoms with Crippen molar-refractivity contribution in [3.8, 4) is 11.5 Å². The zero-order valence-corrected chi connectivity index (χ0v) is 14.1. The lowest BCUT2D eigenvalue weighted by Crippen LogP contribution is -2.48. The van der Waals surface area contributed by atoms with Gasteiger partial charge in [0, 0.05) is 12.1 Å². The first kappa shape index (κ1) is 16.6. The molecule has 0 bridgehead atoms. The maximum absolute atomic E-state index is 12.7. The van der Waals surface area contributed by atoms with Gasteiger partial charge < -0.3 is 19.5 Å². The number of methoxy groups -OCH3 is 2. The molecule has 7 heteroatoms. The number of carboxylic acids is 1. The summed E-state index contributed by atoms with van der Waals surface area (Å²) in [5, 5.41) is 9.30. The van der Waals surface area contributed by atoms with Gasteiger partial charge in [-0.05, 0) is 47.3 Å². The Morgan fingerprint density at radius 2 is 1.82 bits per heavy atom. The van der Waals surface area contributed by atoms with Gasteiger partial charge in [0.15, 0.2) is 0 Å². The molecule has 0 spiro atoms. The predicted molar refractivity (Wildman–Crippen MR) is 83.6 cm³/mol. The number of aliphatic carboxylic acids is 1. The second-order valence-corrected chi connectivity index (χ2v) is 5.84. The second kappa shape index (κ2) is 7.00. The van der Waals surface area contributed by atoms with E-state index in [1.54, 1.807) is 12.1 Å². The Balaban J connectivity index is 2.37. The lowest BCUT2D eigenvalue weighted by Gasteiger charge is -2.33. The van der Waals surface area contributed by atoms with Crippen LogP contribution in [0.3, 0.4) is 0 Å². The molecule has 0 saturated carbocycles. The number of nitrogens with zero attached hydrogens (tertiary/aromatic N) is 1. The molecule has 2 rings (SSSR count). The normalized spacial score (nSPS) is 18.0. The quantitative estimate of drug-likeness (QED) is 0.879. The van der Waals surface area contributed by atoms with Gasteiger partial charge in [0.2, 0.25) is 0 Å². The average Bonchev–Trinajstić information content (AvgIpc) is 2.54. The summed E-state index contributed by atoms with van der Waals surface area (Å²) in [5.41, 5.74) is 0.352. The van der Waals surface area contributed by atoms with E-state index < -0.39 is 12.0 Å². The third kappa shape index (κ3) is 3.19. The van der Waals surface area contributed by atoms with Crippen LogP contribution in [0.25, 0.3) is 0 Å². The van der Waals surface area contributed by atoms with Gasteiger partial charge in [0.05, 0.1) is 14.2 Å². The van der Waals surface area contributed by atoms with Crippen molar-refractivity contribution >= 4 is 27.8 Å². The highest BCUT2D eigenvalue weighted by atomic mass is 79.9. The Bertz CT molecular complexity index is 564. The Hall–Kier alpha value is -1.76. The fraction of sp³-hybridized carbons (Fsp3) is 0.467. The van der Waals surface area contributed by atoms with Crippen LogP contribution in [0.5, 0.6) is 11.5 Å². The maximum Gasteiger partial charge on any atom is 0.326 e. The molecule has 22 heavy (non-hydrogen) atoms. The predicted octanol–water partition coefficient (Wildman–Crippen LogP) is 2.55. The van der Waals surface area contributed by atoms with Crippen LogP contribution >= 0.6 is 15.9 Å². The summed E-state index contributed by atoms with van der Waals surface area (Å²) in [6, 6.07) is 2.40. The van der Waals surface area contributed by atoms with Crippen molar-refractivity contribution in [3.63, 3.8) is 0 Å². The molecule has 120 valence electrons. The molecule has 1 aromatic carbocycles. The molecule has 0 unspecified atom stereocenters. The Kier molecular flexibility index (Phi) is 5.28. The first-order valence-electron chi connectivity index (χ1n) is 6.95. The smallest absolute Gasteiger partial charge is 0.326 e. The summed E-state index contributed by atoms with van der Waals surface area (Å²) in [5.74, 6) is -0.363. The van der Waals surface area contributed by atoms with E-state index in [4.69, 9.17) is 9.47 Å². The number of piperidine rings is 1. The van der Waals surface area contributed by atoms with Crippen molar-refractivity contribution in [2.45, 2.75) is 25.3 Å². The highest BCUT2D eigenvalue weighted by molar-refractivity contribution is 9.10. The van der Waals surface area contributed by atoms with Gasteiger partial charge in [-0.2, -0.15) is 0 Å².